The molecule has 4 rings (SSSR count). The molecule has 3 heterocycles. The second-order valence-electron chi connectivity index (χ2n) is 5.23. The molecule has 76 valence electrons. The second kappa shape index (κ2) is 2.16. The third-order valence-electron chi connectivity index (χ3n) is 5.02. The van der Waals surface area contributed by atoms with Crippen molar-refractivity contribution in [3.63, 3.8) is 0 Å². The molecule has 0 bridgehead atoms. The molecule has 3 heteroatoms. The first kappa shape index (κ1) is 8.03. The molecule has 3 saturated heterocycles. The van der Waals surface area contributed by atoms with Gasteiger partial charge in [0, 0.05) is 23.6 Å². The quantitative estimate of drug-likeness (QED) is 0.608. The van der Waals surface area contributed by atoms with E-state index < -0.39 is 0 Å². The molecule has 2 spiro atoms. The smallest absolute Gasteiger partial charge is 0.223 e. The first-order valence-corrected chi connectivity index (χ1v) is 6.65. The van der Waals surface area contributed by atoms with Crippen LogP contribution < -0.4 is 0 Å². The summed E-state index contributed by atoms with van der Waals surface area (Å²) in [6.45, 7) is 1.06. The van der Waals surface area contributed by atoms with E-state index in [1.807, 2.05) is 0 Å². The van der Waals surface area contributed by atoms with E-state index in [0.717, 1.165) is 24.6 Å². The van der Waals surface area contributed by atoms with Gasteiger partial charge < -0.3 is 4.90 Å². The van der Waals surface area contributed by atoms with Crippen LogP contribution >= 0.6 is 11.8 Å². The fourth-order valence-corrected chi connectivity index (χ4v) is 6.79. The van der Waals surface area contributed by atoms with Gasteiger partial charge in [0.2, 0.25) is 5.91 Å². The molecule has 3 aliphatic heterocycles. The van der Waals surface area contributed by atoms with Gasteiger partial charge in [-0.1, -0.05) is 6.42 Å². The van der Waals surface area contributed by atoms with Gasteiger partial charge in [-0.3, -0.25) is 4.79 Å². The highest BCUT2D eigenvalue weighted by atomic mass is 32.2. The van der Waals surface area contributed by atoms with Crippen LogP contribution in [0, 0.1) is 5.41 Å². The molecule has 1 aliphatic carbocycles. The molecule has 4 fully saturated rings. The molecule has 0 radical (unpaired) electrons. The molecule has 14 heavy (non-hydrogen) atoms. The Hall–Kier alpha value is -0.180. The van der Waals surface area contributed by atoms with Crippen molar-refractivity contribution in [3.05, 3.63) is 0 Å². The Kier molecular flexibility index (Phi) is 1.24. The first-order chi connectivity index (χ1) is 6.79. The lowest BCUT2D eigenvalue weighted by molar-refractivity contribution is -0.129. The normalized spacial score (nSPS) is 54.1. The highest BCUT2D eigenvalue weighted by molar-refractivity contribution is 8.02. The van der Waals surface area contributed by atoms with E-state index in [0.29, 0.717) is 16.2 Å². The molecular formula is C11H15NOS. The molecule has 1 amide bonds. The SMILES string of the molecule is O=C1CC[C@@]23SC4CCC[C@]42CCN13. The van der Waals surface area contributed by atoms with Crippen molar-refractivity contribution in [2.45, 2.75) is 48.6 Å². The summed E-state index contributed by atoms with van der Waals surface area (Å²) in [4.78, 5) is 14.3. The van der Waals surface area contributed by atoms with Crippen molar-refractivity contribution in [2.75, 3.05) is 6.54 Å². The monoisotopic (exact) mass is 209 g/mol. The Morgan fingerprint density at radius 1 is 1.36 bits per heavy atom. The summed E-state index contributed by atoms with van der Waals surface area (Å²) in [6.07, 6.45) is 7.48. The van der Waals surface area contributed by atoms with Gasteiger partial charge in [0.1, 0.15) is 0 Å². The average Bonchev–Trinajstić information content (AvgIpc) is 2.74. The number of rotatable bonds is 0. The Bertz CT molecular complexity index is 331. The fourth-order valence-electron chi connectivity index (χ4n) is 4.44. The summed E-state index contributed by atoms with van der Waals surface area (Å²) in [6, 6.07) is 0. The summed E-state index contributed by atoms with van der Waals surface area (Å²) < 4.78 is 0. The number of thioether (sulfide) groups is 1. The van der Waals surface area contributed by atoms with Gasteiger partial charge in [-0.25, -0.2) is 0 Å². The van der Waals surface area contributed by atoms with Crippen LogP contribution in [-0.4, -0.2) is 27.5 Å². The standard InChI is InChI=1S/C11H15NOS/c13-9-3-5-11-10(6-7-12(9)11)4-1-2-8(10)14-11/h8H,1-7H2/t8?,10-,11+/m0/s1. The lowest BCUT2D eigenvalue weighted by Gasteiger charge is -2.57. The van der Waals surface area contributed by atoms with Gasteiger partial charge in [-0.15, -0.1) is 11.8 Å². The minimum atomic E-state index is 0.297. The average molecular weight is 209 g/mol. The lowest BCUT2D eigenvalue weighted by Crippen LogP contribution is -2.60. The minimum absolute atomic E-state index is 0.297. The third kappa shape index (κ3) is 0.581. The maximum absolute atomic E-state index is 11.7. The number of carbonyl (C=O) groups excluding carboxylic acids is 1. The van der Waals surface area contributed by atoms with Crippen LogP contribution in [0.1, 0.15) is 38.5 Å². The largest absolute Gasteiger partial charge is 0.327 e. The van der Waals surface area contributed by atoms with Gasteiger partial charge in [-0.2, -0.15) is 0 Å². The summed E-state index contributed by atoms with van der Waals surface area (Å²) in [7, 11) is 0. The zero-order chi connectivity index (χ0) is 9.39. The summed E-state index contributed by atoms with van der Waals surface area (Å²) in [5, 5.41) is 0.901. The highest BCUT2D eigenvalue weighted by Crippen LogP contribution is 2.76. The molecule has 1 unspecified atom stereocenters. The number of nitrogens with zero attached hydrogens (tertiary/aromatic N) is 1. The fraction of sp³-hybridized carbons (Fsp3) is 0.909. The minimum Gasteiger partial charge on any atom is -0.327 e. The van der Waals surface area contributed by atoms with E-state index in [2.05, 4.69) is 16.7 Å². The van der Waals surface area contributed by atoms with E-state index in [9.17, 15) is 4.79 Å². The molecule has 0 aromatic heterocycles. The molecule has 3 atom stereocenters. The van der Waals surface area contributed by atoms with Crippen LogP contribution in [0.15, 0.2) is 0 Å². The van der Waals surface area contributed by atoms with E-state index in [-0.39, 0.29) is 0 Å². The molecule has 4 aliphatic rings. The summed E-state index contributed by atoms with van der Waals surface area (Å²) in [5.74, 6) is 0.430. The van der Waals surface area contributed by atoms with Gasteiger partial charge in [0.05, 0.1) is 4.87 Å². The Balaban J connectivity index is 1.82. The van der Waals surface area contributed by atoms with Crippen LogP contribution in [0.5, 0.6) is 0 Å². The number of hydrogen-bond acceptors (Lipinski definition) is 2. The summed E-state index contributed by atoms with van der Waals surface area (Å²) in [5.41, 5.74) is 0.573. The van der Waals surface area contributed by atoms with Crippen LogP contribution in [0.4, 0.5) is 0 Å². The Morgan fingerprint density at radius 2 is 2.29 bits per heavy atom. The topological polar surface area (TPSA) is 20.3 Å². The Labute approximate surface area is 88.4 Å². The highest BCUT2D eigenvalue weighted by Gasteiger charge is 2.75. The molecular weight excluding hydrogens is 194 g/mol. The van der Waals surface area contributed by atoms with Crippen LogP contribution in [0.3, 0.4) is 0 Å². The van der Waals surface area contributed by atoms with Crippen molar-refractivity contribution in [1.82, 2.24) is 4.90 Å². The maximum atomic E-state index is 11.7. The molecule has 0 aromatic rings. The van der Waals surface area contributed by atoms with Crippen molar-refractivity contribution in [2.24, 2.45) is 5.41 Å². The molecule has 2 nitrogen and oxygen atoms in total. The van der Waals surface area contributed by atoms with Crippen molar-refractivity contribution < 1.29 is 4.79 Å². The van der Waals surface area contributed by atoms with Crippen molar-refractivity contribution in [3.8, 4) is 0 Å². The lowest BCUT2D eigenvalue weighted by atomic mass is 9.75. The van der Waals surface area contributed by atoms with E-state index in [1.54, 1.807) is 0 Å². The van der Waals surface area contributed by atoms with Gasteiger partial charge in [0.25, 0.3) is 0 Å². The molecule has 1 saturated carbocycles. The number of hydrogen-bond donors (Lipinski definition) is 0. The van der Waals surface area contributed by atoms with E-state index in [4.69, 9.17) is 0 Å². The Morgan fingerprint density at radius 3 is 3.14 bits per heavy atom. The zero-order valence-electron chi connectivity index (χ0n) is 8.29. The van der Waals surface area contributed by atoms with E-state index >= 15 is 0 Å². The van der Waals surface area contributed by atoms with Crippen LogP contribution in [0.25, 0.3) is 0 Å². The zero-order valence-corrected chi connectivity index (χ0v) is 9.11. The van der Waals surface area contributed by atoms with Crippen LogP contribution in [0.2, 0.25) is 0 Å². The first-order valence-electron chi connectivity index (χ1n) is 5.77. The third-order valence-corrected chi connectivity index (χ3v) is 7.21. The van der Waals surface area contributed by atoms with Gasteiger partial charge in [-0.05, 0) is 25.7 Å². The predicted molar refractivity (Wildman–Crippen MR) is 56.0 cm³/mol. The van der Waals surface area contributed by atoms with Crippen molar-refractivity contribution >= 4 is 17.7 Å². The van der Waals surface area contributed by atoms with Gasteiger partial charge in [0.15, 0.2) is 0 Å². The molecule has 0 aromatic carbocycles. The maximum Gasteiger partial charge on any atom is 0.223 e. The van der Waals surface area contributed by atoms with Crippen LogP contribution in [-0.2, 0) is 4.79 Å². The molecule has 0 N–H and O–H groups in total. The number of amides is 1. The summed E-state index contributed by atoms with van der Waals surface area (Å²) >= 11 is 2.13. The number of carbonyl (C=O) groups is 1. The van der Waals surface area contributed by atoms with Crippen molar-refractivity contribution in [1.29, 1.82) is 0 Å². The second-order valence-corrected chi connectivity index (χ2v) is 6.71. The van der Waals surface area contributed by atoms with Gasteiger partial charge >= 0.3 is 0 Å². The predicted octanol–water partition coefficient (Wildman–Crippen LogP) is 1.99. The van der Waals surface area contributed by atoms with E-state index in [1.165, 1.54) is 25.7 Å².